The van der Waals surface area contributed by atoms with Gasteiger partial charge in [-0.15, -0.1) is 0 Å². The quantitative estimate of drug-likeness (QED) is 0.559. The number of nitrogens with zero attached hydrogens (tertiary/aromatic N) is 1. The average molecular weight is 374 g/mol. The predicted molar refractivity (Wildman–Crippen MR) is 97.9 cm³/mol. The summed E-state index contributed by atoms with van der Waals surface area (Å²) in [6.45, 7) is 3.28. The fourth-order valence-electron chi connectivity index (χ4n) is 2.37. The van der Waals surface area contributed by atoms with Crippen molar-refractivity contribution in [2.24, 2.45) is 0 Å². The summed E-state index contributed by atoms with van der Waals surface area (Å²) in [6, 6.07) is 6.18. The largest absolute Gasteiger partial charge is 0.456 e. The second kappa shape index (κ2) is 9.46. The van der Waals surface area contributed by atoms with Crippen molar-refractivity contribution in [3.8, 4) is 0 Å². The second-order valence-electron chi connectivity index (χ2n) is 5.87. The number of esters is 1. The number of hydrogen-bond donors (Lipinski definition) is 3. The summed E-state index contributed by atoms with van der Waals surface area (Å²) >= 11 is 0. The number of fused-ring (bicyclic) bond motifs is 1. The molecule has 0 spiro atoms. The summed E-state index contributed by atoms with van der Waals surface area (Å²) in [5.74, 6) is -1.13. The number of likely N-dealkylation sites (N-methyl/N-ethyl adjacent to an activating group) is 1. The van der Waals surface area contributed by atoms with Crippen molar-refractivity contribution in [2.75, 3.05) is 13.2 Å². The Balaban J connectivity index is 1.80. The van der Waals surface area contributed by atoms with Gasteiger partial charge in [0.25, 0.3) is 11.5 Å². The van der Waals surface area contributed by atoms with Crippen molar-refractivity contribution >= 4 is 28.7 Å². The van der Waals surface area contributed by atoms with E-state index in [1.807, 2.05) is 0 Å². The molecule has 0 fully saturated rings. The molecular formula is C18H22N4O5. The van der Waals surface area contributed by atoms with Crippen LogP contribution < -0.4 is 16.2 Å². The minimum atomic E-state index is -0.719. The molecule has 2 amide bonds. The van der Waals surface area contributed by atoms with Crippen molar-refractivity contribution < 1.29 is 19.1 Å². The monoisotopic (exact) mass is 374 g/mol. The zero-order valence-electron chi connectivity index (χ0n) is 15.2. The predicted octanol–water partition coefficient (Wildman–Crippen LogP) is 0.0397. The first-order chi connectivity index (χ1) is 12.9. The smallest absolute Gasteiger partial charge is 0.306 e. The molecule has 0 radical (unpaired) electrons. The number of hydrogen-bond acceptors (Lipinski definition) is 6. The SMILES string of the molecule is CCNC(=O)[C@H](C)NC(=O)COC(=O)CCc1nc2ccccc2c(=O)[nH]1. The van der Waals surface area contributed by atoms with E-state index in [4.69, 9.17) is 4.74 Å². The number of carbonyl (C=O) groups is 3. The van der Waals surface area contributed by atoms with E-state index < -0.39 is 24.5 Å². The maximum absolute atomic E-state index is 12.0. The van der Waals surface area contributed by atoms with Gasteiger partial charge in [-0.05, 0) is 26.0 Å². The topological polar surface area (TPSA) is 130 Å². The van der Waals surface area contributed by atoms with Crippen LogP contribution in [-0.4, -0.2) is 46.9 Å². The Labute approximate surface area is 155 Å². The van der Waals surface area contributed by atoms with Gasteiger partial charge in [0.15, 0.2) is 6.61 Å². The molecule has 0 unspecified atom stereocenters. The summed E-state index contributed by atoms with van der Waals surface area (Å²) in [6.07, 6.45) is 0.135. The molecule has 0 saturated heterocycles. The first-order valence-corrected chi connectivity index (χ1v) is 8.61. The van der Waals surface area contributed by atoms with Gasteiger partial charge in [-0.1, -0.05) is 12.1 Å². The van der Waals surface area contributed by atoms with Crippen LogP contribution in [0, 0.1) is 0 Å². The average Bonchev–Trinajstić information content (AvgIpc) is 2.65. The van der Waals surface area contributed by atoms with Gasteiger partial charge in [-0.25, -0.2) is 4.98 Å². The lowest BCUT2D eigenvalue weighted by Gasteiger charge is -2.13. The van der Waals surface area contributed by atoms with Gasteiger partial charge >= 0.3 is 5.97 Å². The first-order valence-electron chi connectivity index (χ1n) is 8.61. The Morgan fingerprint density at radius 1 is 1.26 bits per heavy atom. The molecular weight excluding hydrogens is 352 g/mol. The van der Waals surface area contributed by atoms with Crippen LogP contribution in [0.25, 0.3) is 10.9 Å². The summed E-state index contributed by atoms with van der Waals surface area (Å²) in [5, 5.41) is 5.48. The number of rotatable bonds is 8. The summed E-state index contributed by atoms with van der Waals surface area (Å²) in [5.41, 5.74) is 0.269. The molecule has 9 heteroatoms. The summed E-state index contributed by atoms with van der Waals surface area (Å²) < 4.78 is 4.88. The molecule has 0 bridgehead atoms. The van der Waals surface area contributed by atoms with E-state index in [9.17, 15) is 19.2 Å². The van der Waals surface area contributed by atoms with E-state index >= 15 is 0 Å². The molecule has 27 heavy (non-hydrogen) atoms. The number of H-pyrrole nitrogens is 1. The maximum Gasteiger partial charge on any atom is 0.306 e. The highest BCUT2D eigenvalue weighted by Gasteiger charge is 2.16. The fourth-order valence-corrected chi connectivity index (χ4v) is 2.37. The lowest BCUT2D eigenvalue weighted by Crippen LogP contribution is -2.46. The maximum atomic E-state index is 12.0. The normalized spacial score (nSPS) is 11.6. The molecule has 0 aliphatic carbocycles. The van der Waals surface area contributed by atoms with E-state index in [-0.39, 0.29) is 24.3 Å². The fraction of sp³-hybridized carbons (Fsp3) is 0.389. The number of aryl methyl sites for hydroxylation is 1. The van der Waals surface area contributed by atoms with Gasteiger partial charge in [0.05, 0.1) is 17.3 Å². The van der Waals surface area contributed by atoms with Crippen LogP contribution >= 0.6 is 0 Å². The number of aromatic nitrogens is 2. The summed E-state index contributed by atoms with van der Waals surface area (Å²) in [7, 11) is 0. The Hall–Kier alpha value is -3.23. The molecule has 9 nitrogen and oxygen atoms in total. The molecule has 0 aliphatic heterocycles. The van der Waals surface area contributed by atoms with Crippen molar-refractivity contribution in [1.82, 2.24) is 20.6 Å². The van der Waals surface area contributed by atoms with E-state index in [1.165, 1.54) is 6.92 Å². The molecule has 1 aromatic carbocycles. The number of nitrogens with one attached hydrogen (secondary N) is 3. The zero-order valence-corrected chi connectivity index (χ0v) is 15.2. The number of ether oxygens (including phenoxy) is 1. The van der Waals surface area contributed by atoms with Crippen molar-refractivity contribution in [1.29, 1.82) is 0 Å². The highest BCUT2D eigenvalue weighted by atomic mass is 16.5. The minimum absolute atomic E-state index is 0.0412. The molecule has 144 valence electrons. The zero-order chi connectivity index (χ0) is 19.8. The van der Waals surface area contributed by atoms with Gasteiger partial charge in [0, 0.05) is 13.0 Å². The summed E-state index contributed by atoms with van der Waals surface area (Å²) in [4.78, 5) is 53.9. The standard InChI is InChI=1S/C18H22N4O5/c1-3-19-17(25)11(2)20-15(23)10-27-16(24)9-8-14-21-13-7-5-4-6-12(13)18(26)22-14/h4-7,11H,3,8-10H2,1-2H3,(H,19,25)(H,20,23)(H,21,22,26)/t11-/m0/s1. The number of aromatic amines is 1. The van der Waals surface area contributed by atoms with E-state index in [0.29, 0.717) is 23.3 Å². The lowest BCUT2D eigenvalue weighted by atomic mass is 10.2. The molecule has 1 atom stereocenters. The van der Waals surface area contributed by atoms with Gasteiger partial charge < -0.3 is 20.4 Å². The van der Waals surface area contributed by atoms with Crippen LogP contribution in [0.1, 0.15) is 26.1 Å². The van der Waals surface area contributed by atoms with E-state index in [0.717, 1.165) is 0 Å². The van der Waals surface area contributed by atoms with E-state index in [1.54, 1.807) is 31.2 Å². The van der Waals surface area contributed by atoms with Gasteiger partial charge in [-0.3, -0.25) is 19.2 Å². The Bertz CT molecular complexity index is 893. The van der Waals surface area contributed by atoms with Gasteiger partial charge in [-0.2, -0.15) is 0 Å². The van der Waals surface area contributed by atoms with Gasteiger partial charge in [0.1, 0.15) is 11.9 Å². The molecule has 1 aromatic heterocycles. The van der Waals surface area contributed by atoms with Crippen LogP contribution in [0.15, 0.2) is 29.1 Å². The van der Waals surface area contributed by atoms with Crippen LogP contribution in [0.4, 0.5) is 0 Å². The van der Waals surface area contributed by atoms with Gasteiger partial charge in [0.2, 0.25) is 5.91 Å². The van der Waals surface area contributed by atoms with E-state index in [2.05, 4.69) is 20.6 Å². The number of carbonyl (C=O) groups excluding carboxylic acids is 3. The third-order valence-corrected chi connectivity index (χ3v) is 3.71. The molecule has 3 N–H and O–H groups in total. The van der Waals surface area contributed by atoms with Crippen molar-refractivity contribution in [3.63, 3.8) is 0 Å². The third-order valence-electron chi connectivity index (χ3n) is 3.71. The molecule has 0 saturated carbocycles. The Morgan fingerprint density at radius 2 is 2.00 bits per heavy atom. The highest BCUT2D eigenvalue weighted by Crippen LogP contribution is 2.06. The number of amides is 2. The highest BCUT2D eigenvalue weighted by molar-refractivity contribution is 5.88. The number of benzene rings is 1. The van der Waals surface area contributed by atoms with Crippen LogP contribution in [0.3, 0.4) is 0 Å². The Kier molecular flexibility index (Phi) is 7.04. The van der Waals surface area contributed by atoms with Crippen molar-refractivity contribution in [2.45, 2.75) is 32.7 Å². The minimum Gasteiger partial charge on any atom is -0.456 e. The molecule has 2 rings (SSSR count). The first kappa shape index (κ1) is 20.1. The number of para-hydroxylation sites is 1. The van der Waals surface area contributed by atoms with Crippen LogP contribution in [-0.2, 0) is 25.5 Å². The molecule has 1 heterocycles. The van der Waals surface area contributed by atoms with Crippen LogP contribution in [0.5, 0.6) is 0 Å². The Morgan fingerprint density at radius 3 is 2.74 bits per heavy atom. The van der Waals surface area contributed by atoms with Crippen LogP contribution in [0.2, 0.25) is 0 Å². The van der Waals surface area contributed by atoms with Crippen molar-refractivity contribution in [3.05, 3.63) is 40.4 Å². The molecule has 0 aliphatic rings. The molecule has 2 aromatic rings. The second-order valence-corrected chi connectivity index (χ2v) is 5.87. The lowest BCUT2D eigenvalue weighted by molar-refractivity contribution is -0.148. The third kappa shape index (κ3) is 5.91.